The number of ether oxygens (including phenoxy) is 1. The van der Waals surface area contributed by atoms with Crippen LogP contribution in [0.25, 0.3) is 0 Å². The zero-order valence-electron chi connectivity index (χ0n) is 15.6. The minimum atomic E-state index is 0.0417. The highest BCUT2D eigenvalue weighted by molar-refractivity contribution is 5.79. The fourth-order valence-corrected chi connectivity index (χ4v) is 4.60. The van der Waals surface area contributed by atoms with E-state index in [9.17, 15) is 9.59 Å². The van der Waals surface area contributed by atoms with Crippen molar-refractivity contribution in [3.05, 3.63) is 34.9 Å². The van der Waals surface area contributed by atoms with Crippen LogP contribution < -0.4 is 0 Å². The molecule has 0 aromatic heterocycles. The Kier molecular flexibility index (Phi) is 4.98. The fourth-order valence-electron chi connectivity index (χ4n) is 4.60. The number of aryl methyl sites for hydroxylation is 2. The number of likely N-dealkylation sites (tertiary alicyclic amines) is 1. The lowest BCUT2D eigenvalue weighted by Crippen LogP contribution is -2.52. The Balaban J connectivity index is 1.40. The van der Waals surface area contributed by atoms with E-state index in [1.165, 1.54) is 30.4 Å². The first-order valence-electron chi connectivity index (χ1n) is 9.87. The van der Waals surface area contributed by atoms with Gasteiger partial charge in [0.25, 0.3) is 0 Å². The van der Waals surface area contributed by atoms with Crippen LogP contribution in [-0.4, -0.2) is 60.5 Å². The molecule has 0 bridgehead atoms. The Morgan fingerprint density at radius 1 is 1.15 bits per heavy atom. The van der Waals surface area contributed by atoms with Crippen molar-refractivity contribution in [2.24, 2.45) is 0 Å². The van der Waals surface area contributed by atoms with E-state index >= 15 is 0 Å². The molecule has 0 N–H and O–H groups in total. The topological polar surface area (TPSA) is 49.9 Å². The minimum Gasteiger partial charge on any atom is -0.366 e. The second-order valence-electron chi connectivity index (χ2n) is 7.87. The third-order valence-electron chi connectivity index (χ3n) is 6.24. The van der Waals surface area contributed by atoms with Crippen LogP contribution in [0.5, 0.6) is 0 Å². The molecule has 5 nitrogen and oxygen atoms in total. The Hall–Kier alpha value is -1.88. The van der Waals surface area contributed by atoms with Crippen LogP contribution >= 0.6 is 0 Å². The zero-order chi connectivity index (χ0) is 18.1. The van der Waals surface area contributed by atoms with Gasteiger partial charge in [-0.15, -0.1) is 0 Å². The number of carbonyl (C=O) groups is 2. The number of amides is 2. The molecule has 1 aromatic carbocycles. The van der Waals surface area contributed by atoms with Gasteiger partial charge in [-0.3, -0.25) is 9.59 Å². The Bertz CT molecular complexity index is 702. The Morgan fingerprint density at radius 2 is 1.92 bits per heavy atom. The second kappa shape index (κ2) is 7.39. The zero-order valence-corrected chi connectivity index (χ0v) is 15.6. The normalized spacial score (nSPS) is 26.1. The molecular weight excluding hydrogens is 328 g/mol. The summed E-state index contributed by atoms with van der Waals surface area (Å²) < 4.78 is 5.72. The lowest BCUT2D eigenvalue weighted by atomic mass is 9.90. The highest BCUT2D eigenvalue weighted by Gasteiger charge is 2.37. The van der Waals surface area contributed by atoms with Crippen molar-refractivity contribution in [2.45, 2.75) is 57.1 Å². The minimum absolute atomic E-state index is 0.0417. The molecule has 26 heavy (non-hydrogen) atoms. The molecule has 5 heteroatoms. The summed E-state index contributed by atoms with van der Waals surface area (Å²) in [6.07, 6.45) is 6.97. The van der Waals surface area contributed by atoms with E-state index in [-0.39, 0.29) is 30.6 Å². The van der Waals surface area contributed by atoms with E-state index in [2.05, 4.69) is 18.2 Å². The average molecular weight is 356 g/mol. The molecule has 0 saturated carbocycles. The summed E-state index contributed by atoms with van der Waals surface area (Å²) in [5, 5.41) is 0. The van der Waals surface area contributed by atoms with Gasteiger partial charge < -0.3 is 14.5 Å². The molecule has 2 atom stereocenters. The molecule has 2 heterocycles. The monoisotopic (exact) mass is 356 g/mol. The number of benzene rings is 1. The maximum absolute atomic E-state index is 12.8. The Labute approximate surface area is 155 Å². The first kappa shape index (κ1) is 17.5. The van der Waals surface area contributed by atoms with E-state index in [1.54, 1.807) is 0 Å². The van der Waals surface area contributed by atoms with Gasteiger partial charge in [0.1, 0.15) is 6.61 Å². The van der Waals surface area contributed by atoms with Gasteiger partial charge in [0, 0.05) is 20.1 Å². The van der Waals surface area contributed by atoms with E-state index in [4.69, 9.17) is 4.74 Å². The van der Waals surface area contributed by atoms with Crippen molar-refractivity contribution in [3.63, 3.8) is 0 Å². The molecule has 0 spiro atoms. The van der Waals surface area contributed by atoms with E-state index < -0.39 is 0 Å². The van der Waals surface area contributed by atoms with E-state index in [0.29, 0.717) is 19.5 Å². The second-order valence-corrected chi connectivity index (χ2v) is 7.87. The standard InChI is InChI=1S/C21H28N2O3/c1-22-18-8-10-23(11-9-19(18)26-14-21(22)25)20(24)13-15-6-7-16-4-2-3-5-17(16)12-15/h6-7,12,18-19H,2-5,8-11,13-14H2,1H3/t18-,19-/m0/s1. The van der Waals surface area contributed by atoms with Crippen molar-refractivity contribution in [3.8, 4) is 0 Å². The molecule has 1 aromatic rings. The molecule has 2 amide bonds. The number of rotatable bonds is 2. The molecule has 0 unspecified atom stereocenters. The van der Waals surface area contributed by atoms with Gasteiger partial charge in [0.2, 0.25) is 11.8 Å². The maximum atomic E-state index is 12.8. The van der Waals surface area contributed by atoms with Gasteiger partial charge in [0.15, 0.2) is 0 Å². The van der Waals surface area contributed by atoms with Crippen LogP contribution in [0.1, 0.15) is 42.4 Å². The van der Waals surface area contributed by atoms with Crippen LogP contribution in [-0.2, 0) is 33.6 Å². The molecule has 0 radical (unpaired) electrons. The molecule has 4 rings (SSSR count). The summed E-state index contributed by atoms with van der Waals surface area (Å²) in [7, 11) is 1.85. The van der Waals surface area contributed by atoms with Crippen LogP contribution in [0.2, 0.25) is 0 Å². The van der Waals surface area contributed by atoms with Gasteiger partial charge in [-0.2, -0.15) is 0 Å². The summed E-state index contributed by atoms with van der Waals surface area (Å²) in [5.74, 6) is 0.230. The lowest BCUT2D eigenvalue weighted by Gasteiger charge is -2.37. The summed E-state index contributed by atoms with van der Waals surface area (Å²) in [5.41, 5.74) is 4.01. The third kappa shape index (κ3) is 3.50. The predicted octanol–water partition coefficient (Wildman–Crippen LogP) is 1.96. The number of carbonyl (C=O) groups excluding carboxylic acids is 2. The molecule has 2 fully saturated rings. The molecule has 1 aliphatic carbocycles. The third-order valence-corrected chi connectivity index (χ3v) is 6.24. The van der Waals surface area contributed by atoms with Crippen molar-refractivity contribution in [1.82, 2.24) is 9.80 Å². The van der Waals surface area contributed by atoms with Crippen LogP contribution in [0.3, 0.4) is 0 Å². The van der Waals surface area contributed by atoms with Gasteiger partial charge in [-0.25, -0.2) is 0 Å². The van der Waals surface area contributed by atoms with E-state index in [1.807, 2.05) is 16.8 Å². The summed E-state index contributed by atoms with van der Waals surface area (Å²) in [6.45, 7) is 1.58. The lowest BCUT2D eigenvalue weighted by molar-refractivity contribution is -0.154. The highest BCUT2D eigenvalue weighted by atomic mass is 16.5. The molecule has 2 saturated heterocycles. The van der Waals surface area contributed by atoms with Crippen molar-refractivity contribution in [1.29, 1.82) is 0 Å². The summed E-state index contributed by atoms with van der Waals surface area (Å²) >= 11 is 0. The largest absolute Gasteiger partial charge is 0.366 e. The number of hydrogen-bond acceptors (Lipinski definition) is 3. The predicted molar refractivity (Wildman–Crippen MR) is 98.9 cm³/mol. The van der Waals surface area contributed by atoms with Crippen LogP contribution in [0.4, 0.5) is 0 Å². The molecule has 2 aliphatic heterocycles. The first-order valence-corrected chi connectivity index (χ1v) is 9.87. The van der Waals surface area contributed by atoms with Gasteiger partial charge >= 0.3 is 0 Å². The van der Waals surface area contributed by atoms with Crippen molar-refractivity contribution >= 4 is 11.8 Å². The van der Waals surface area contributed by atoms with Gasteiger partial charge in [-0.05, 0) is 55.2 Å². The average Bonchev–Trinajstić information content (AvgIpc) is 2.88. The SMILES string of the molecule is CN1C(=O)CO[C@H]2CCN(C(=O)Cc3ccc4c(c3)CCCC4)CC[C@@H]21. The van der Waals surface area contributed by atoms with Gasteiger partial charge in [-0.1, -0.05) is 18.2 Å². The van der Waals surface area contributed by atoms with Crippen LogP contribution in [0, 0.1) is 0 Å². The number of fused-ring (bicyclic) bond motifs is 2. The number of nitrogens with zero attached hydrogens (tertiary/aromatic N) is 2. The van der Waals surface area contributed by atoms with E-state index in [0.717, 1.165) is 24.8 Å². The number of morpholine rings is 1. The van der Waals surface area contributed by atoms with Crippen molar-refractivity contribution in [2.75, 3.05) is 26.7 Å². The number of likely N-dealkylation sites (N-methyl/N-ethyl adjacent to an activating group) is 1. The van der Waals surface area contributed by atoms with Crippen molar-refractivity contribution < 1.29 is 14.3 Å². The molecule has 3 aliphatic rings. The van der Waals surface area contributed by atoms with Gasteiger partial charge in [0.05, 0.1) is 18.6 Å². The molecular formula is C21H28N2O3. The fraction of sp³-hybridized carbons (Fsp3) is 0.619. The highest BCUT2D eigenvalue weighted by Crippen LogP contribution is 2.25. The molecule has 140 valence electrons. The Morgan fingerprint density at radius 3 is 2.77 bits per heavy atom. The maximum Gasteiger partial charge on any atom is 0.248 e. The first-order chi connectivity index (χ1) is 12.6. The van der Waals surface area contributed by atoms with Crippen LogP contribution in [0.15, 0.2) is 18.2 Å². The summed E-state index contributed by atoms with van der Waals surface area (Å²) in [4.78, 5) is 28.5. The number of hydrogen-bond donors (Lipinski definition) is 0. The smallest absolute Gasteiger partial charge is 0.248 e. The quantitative estimate of drug-likeness (QED) is 0.814. The summed E-state index contributed by atoms with van der Waals surface area (Å²) in [6, 6.07) is 6.66.